The first kappa shape index (κ1) is 17.7. The average Bonchev–Trinajstić information content (AvgIpc) is 1.12. The van der Waals surface area contributed by atoms with Crippen LogP contribution in [0.25, 0.3) is 0 Å². The Morgan fingerprint density at radius 1 is 0.636 bits per heavy atom. The van der Waals surface area contributed by atoms with Gasteiger partial charge in [0.2, 0.25) is 0 Å². The molecular weight excluding hydrogens is 269 g/mol. The van der Waals surface area contributed by atoms with E-state index < -0.39 is 15.6 Å². The third kappa shape index (κ3) is 1500. The number of rotatable bonds is 0. The molecule has 0 saturated heterocycles. The Bertz CT molecular complexity index is 124. The first-order valence-electron chi connectivity index (χ1n) is 1.57. The summed E-state index contributed by atoms with van der Waals surface area (Å²) < 4.78 is 17.8. The molecule has 0 rings (SSSR count). The van der Waals surface area contributed by atoms with Gasteiger partial charge in [0.15, 0.2) is 0 Å². The number of phosphoric acid groups is 2. The molecule has 0 aliphatic carbocycles. The monoisotopic (exact) mass is 278 g/mol. The van der Waals surface area contributed by atoms with Crippen LogP contribution in [0.5, 0.6) is 0 Å². The van der Waals surface area contributed by atoms with Gasteiger partial charge in [0.1, 0.15) is 0 Å². The van der Waals surface area contributed by atoms with Crippen molar-refractivity contribution in [3.05, 3.63) is 0 Å². The predicted molar refractivity (Wildman–Crippen MR) is 37.1 cm³/mol. The molecule has 0 spiro atoms. The molecule has 0 aromatic heterocycles. The van der Waals surface area contributed by atoms with Crippen molar-refractivity contribution in [3.63, 3.8) is 0 Å². The van der Waals surface area contributed by atoms with E-state index in [0.29, 0.717) is 0 Å². The van der Waals surface area contributed by atoms with E-state index in [9.17, 15) is 0 Å². The van der Waals surface area contributed by atoms with Crippen molar-refractivity contribution in [2.75, 3.05) is 0 Å². The molecule has 0 atom stereocenters. The molecule has 0 radical (unpaired) electrons. The van der Waals surface area contributed by atoms with Crippen LogP contribution in [0.1, 0.15) is 0 Å². The van der Waals surface area contributed by atoms with E-state index in [1.165, 1.54) is 0 Å². The van der Waals surface area contributed by atoms with Gasteiger partial charge in [0.25, 0.3) is 0 Å². The Labute approximate surface area is 71.8 Å². The fraction of sp³-hybridized carbons (Fsp3) is 0. The van der Waals surface area contributed by atoms with E-state index in [4.69, 9.17) is 38.5 Å². The van der Waals surface area contributed by atoms with Crippen LogP contribution in [0.15, 0.2) is 0 Å². The fourth-order valence-corrected chi connectivity index (χ4v) is 0. The minimum atomic E-state index is -4.64. The molecule has 0 aliphatic rings. The van der Waals surface area contributed by atoms with E-state index in [1.54, 1.807) is 0 Å². The summed E-state index contributed by atoms with van der Waals surface area (Å²) in [5.41, 5.74) is 0. The van der Waals surface area contributed by atoms with Crippen molar-refractivity contribution < 1.29 is 38.5 Å². The van der Waals surface area contributed by atoms with Crippen molar-refractivity contribution in [2.45, 2.75) is 0 Å². The second kappa shape index (κ2) is 6.28. The summed E-state index contributed by atoms with van der Waals surface area (Å²) in [6, 6.07) is 0. The van der Waals surface area contributed by atoms with Gasteiger partial charge in [-0.05, 0) is 0 Å². The first-order chi connectivity index (χ1) is 4.00. The summed E-state index contributed by atoms with van der Waals surface area (Å²) in [6.07, 6.45) is 0. The summed E-state index contributed by atoms with van der Waals surface area (Å²) in [7, 11) is -9.28. The standard InChI is InChI=1S/2H3O4P.H2Se/c2*1-5(2,3)4;/h2*(H3,1,2,3,4);1H2. The molecular formula is H8O8P2Se. The summed E-state index contributed by atoms with van der Waals surface area (Å²) >= 11 is 0. The summed E-state index contributed by atoms with van der Waals surface area (Å²) in [5, 5.41) is 0. The van der Waals surface area contributed by atoms with Gasteiger partial charge in [-0.25, -0.2) is 9.13 Å². The van der Waals surface area contributed by atoms with E-state index in [0.717, 1.165) is 0 Å². The molecule has 0 saturated carbocycles. The van der Waals surface area contributed by atoms with Gasteiger partial charge in [-0.2, -0.15) is 0 Å². The second-order valence-electron chi connectivity index (χ2n) is 1.03. The van der Waals surface area contributed by atoms with Gasteiger partial charge >= 0.3 is 32.7 Å². The quantitative estimate of drug-likeness (QED) is 0.205. The van der Waals surface area contributed by atoms with Gasteiger partial charge in [0, 0.05) is 0 Å². The van der Waals surface area contributed by atoms with E-state index in [2.05, 4.69) is 0 Å². The molecule has 6 N–H and O–H groups in total. The maximum atomic E-state index is 8.88. The Balaban J connectivity index is -0.000000107. The van der Waals surface area contributed by atoms with Crippen LogP contribution in [-0.2, 0) is 9.13 Å². The van der Waals surface area contributed by atoms with Crippen LogP contribution in [0.2, 0.25) is 0 Å². The van der Waals surface area contributed by atoms with Gasteiger partial charge in [-0.3, -0.25) is 0 Å². The third-order valence-electron chi connectivity index (χ3n) is 0. The molecule has 72 valence electrons. The maximum absolute atomic E-state index is 8.88. The van der Waals surface area contributed by atoms with Crippen LogP contribution >= 0.6 is 15.6 Å². The van der Waals surface area contributed by atoms with Gasteiger partial charge in [-0.15, -0.1) is 0 Å². The van der Waals surface area contributed by atoms with Crippen molar-refractivity contribution in [2.24, 2.45) is 0 Å². The number of hydrogen-bond donors (Lipinski definition) is 6. The predicted octanol–water partition coefficient (Wildman–Crippen LogP) is -2.77. The molecule has 0 bridgehead atoms. The van der Waals surface area contributed by atoms with Crippen LogP contribution < -0.4 is 0 Å². The fourth-order valence-electron chi connectivity index (χ4n) is 0. The Kier molecular flexibility index (Phi) is 10.1. The van der Waals surface area contributed by atoms with Crippen molar-refractivity contribution in [1.82, 2.24) is 0 Å². The Morgan fingerprint density at radius 2 is 0.636 bits per heavy atom. The molecule has 0 fully saturated rings. The molecule has 0 amide bonds. The van der Waals surface area contributed by atoms with E-state index >= 15 is 0 Å². The van der Waals surface area contributed by atoms with Gasteiger partial charge in [0.05, 0.1) is 0 Å². The van der Waals surface area contributed by atoms with E-state index in [-0.39, 0.29) is 17.1 Å². The van der Waals surface area contributed by atoms with Crippen molar-refractivity contribution in [1.29, 1.82) is 0 Å². The van der Waals surface area contributed by atoms with Crippen LogP contribution in [0.3, 0.4) is 0 Å². The van der Waals surface area contributed by atoms with E-state index in [1.807, 2.05) is 0 Å². The average molecular weight is 277 g/mol. The minimum absolute atomic E-state index is 0. The zero-order valence-electron chi connectivity index (χ0n) is 4.89. The van der Waals surface area contributed by atoms with Crippen molar-refractivity contribution >= 4 is 32.7 Å². The van der Waals surface area contributed by atoms with Crippen molar-refractivity contribution in [3.8, 4) is 0 Å². The summed E-state index contributed by atoms with van der Waals surface area (Å²) in [4.78, 5) is 43.1. The molecule has 11 heavy (non-hydrogen) atoms. The molecule has 11 heteroatoms. The molecule has 0 aromatic carbocycles. The van der Waals surface area contributed by atoms with Crippen LogP contribution in [0, 0.1) is 0 Å². The number of hydrogen-bond acceptors (Lipinski definition) is 2. The Hall–Kier alpha value is 0.739. The normalized spacial score (nSPS) is 10.7. The third-order valence-corrected chi connectivity index (χ3v) is 0. The molecule has 0 aromatic rings. The molecule has 0 unspecified atom stereocenters. The van der Waals surface area contributed by atoms with Gasteiger partial charge in [-0.1, -0.05) is 0 Å². The molecule has 0 heterocycles. The topological polar surface area (TPSA) is 156 Å². The molecule has 8 nitrogen and oxygen atoms in total. The zero-order chi connectivity index (χ0) is 9.00. The van der Waals surface area contributed by atoms with Gasteiger partial charge < -0.3 is 29.4 Å². The van der Waals surface area contributed by atoms with Crippen LogP contribution in [0.4, 0.5) is 0 Å². The molecule has 0 aliphatic heterocycles. The summed E-state index contributed by atoms with van der Waals surface area (Å²) in [5.74, 6) is 0. The Morgan fingerprint density at radius 3 is 0.636 bits per heavy atom. The second-order valence-corrected chi connectivity index (χ2v) is 3.08. The summed E-state index contributed by atoms with van der Waals surface area (Å²) in [6.45, 7) is 0. The zero-order valence-corrected chi connectivity index (χ0v) is 8.78. The first-order valence-corrected chi connectivity index (χ1v) is 4.70. The SMILES string of the molecule is O=P(O)(O)O.O=P(O)(O)O.[SeH2]. The van der Waals surface area contributed by atoms with Crippen LogP contribution in [-0.4, -0.2) is 46.4 Å².